The Morgan fingerprint density at radius 1 is 0.367 bits per heavy atom. The van der Waals surface area contributed by atoms with Crippen LogP contribution in [0.15, 0.2) is 60.8 Å². The molecule has 60 heavy (non-hydrogen) atoms. The van der Waals surface area contributed by atoms with Gasteiger partial charge in [0.25, 0.3) is 0 Å². The van der Waals surface area contributed by atoms with Gasteiger partial charge in [-0.3, -0.25) is 14.4 Å². The summed E-state index contributed by atoms with van der Waals surface area (Å²) in [5.41, 5.74) is 0. The number of rotatable bonds is 45. The van der Waals surface area contributed by atoms with Crippen LogP contribution in [-0.2, 0) is 28.6 Å². The minimum absolute atomic E-state index is 0.107. The first kappa shape index (κ1) is 57.1. The third-order valence-corrected chi connectivity index (χ3v) is 10.8. The van der Waals surface area contributed by atoms with E-state index in [4.69, 9.17) is 14.2 Å². The molecule has 0 N–H and O–H groups in total. The number of hydrogen-bond acceptors (Lipinski definition) is 6. The first-order chi connectivity index (χ1) is 29.5. The average molecular weight is 839 g/mol. The zero-order valence-electron chi connectivity index (χ0n) is 39.5. The summed E-state index contributed by atoms with van der Waals surface area (Å²) >= 11 is 0. The topological polar surface area (TPSA) is 78.9 Å². The van der Waals surface area contributed by atoms with Crippen molar-refractivity contribution in [3.05, 3.63) is 60.8 Å². The van der Waals surface area contributed by atoms with Crippen LogP contribution >= 0.6 is 0 Å². The van der Waals surface area contributed by atoms with E-state index in [1.165, 1.54) is 141 Å². The lowest BCUT2D eigenvalue weighted by molar-refractivity contribution is -0.166. The van der Waals surface area contributed by atoms with E-state index in [9.17, 15) is 14.4 Å². The van der Waals surface area contributed by atoms with Crippen LogP contribution in [0.2, 0.25) is 0 Å². The Morgan fingerprint density at radius 3 is 1.17 bits per heavy atom. The summed E-state index contributed by atoms with van der Waals surface area (Å²) in [4.78, 5) is 37.8. The molecular formula is C54H94O6. The van der Waals surface area contributed by atoms with Gasteiger partial charge in [-0.15, -0.1) is 0 Å². The van der Waals surface area contributed by atoms with Gasteiger partial charge in [-0.25, -0.2) is 0 Å². The van der Waals surface area contributed by atoms with Crippen LogP contribution in [0.25, 0.3) is 0 Å². The van der Waals surface area contributed by atoms with Crippen LogP contribution in [0.3, 0.4) is 0 Å². The van der Waals surface area contributed by atoms with E-state index >= 15 is 0 Å². The van der Waals surface area contributed by atoms with E-state index in [0.717, 1.165) is 64.2 Å². The molecule has 0 aromatic heterocycles. The van der Waals surface area contributed by atoms with Gasteiger partial charge in [-0.1, -0.05) is 204 Å². The average Bonchev–Trinajstić information content (AvgIpc) is 3.24. The molecule has 0 amide bonds. The van der Waals surface area contributed by atoms with Crippen molar-refractivity contribution in [2.24, 2.45) is 0 Å². The number of carbonyl (C=O) groups is 3. The molecule has 0 aromatic rings. The standard InChI is InChI=1S/C54H94O6/c1-4-7-10-13-16-19-21-23-25-26-27-29-30-32-35-38-41-44-47-53(56)59-50-51(49-58-52(55)46-43-40-37-34-18-15-12-9-6-3)60-54(57)48-45-42-39-36-33-31-28-24-22-20-17-14-11-8-5-2/h9,12,18,20,22,27,29,34,40,43,51H,4-8,10-11,13-17,19,21,23-26,28,30-33,35-39,41-42,44-50H2,1-3H3/b12-9-,22-20-,29-27-,34-18-,43-40-. The molecule has 0 aliphatic heterocycles. The molecule has 6 nitrogen and oxygen atoms in total. The van der Waals surface area contributed by atoms with Gasteiger partial charge in [0.05, 0.1) is 6.42 Å². The lowest BCUT2D eigenvalue weighted by Gasteiger charge is -2.18. The third-order valence-electron chi connectivity index (χ3n) is 10.8. The largest absolute Gasteiger partial charge is 0.462 e. The first-order valence-electron chi connectivity index (χ1n) is 25.3. The fourth-order valence-electron chi connectivity index (χ4n) is 6.96. The highest BCUT2D eigenvalue weighted by Crippen LogP contribution is 2.14. The zero-order valence-corrected chi connectivity index (χ0v) is 39.5. The molecule has 0 saturated carbocycles. The van der Waals surface area contributed by atoms with Gasteiger partial charge < -0.3 is 14.2 Å². The predicted octanol–water partition coefficient (Wildman–Crippen LogP) is 16.5. The van der Waals surface area contributed by atoms with Crippen LogP contribution in [0, 0.1) is 0 Å². The number of esters is 3. The SMILES string of the molecule is CC/C=C\C/C=C\C/C=C\CC(=O)OCC(COC(=O)CCCCCCC/C=C\CCCCCCCCCCC)OC(=O)CCCCCCCCC/C=C\CCCCCC. The molecule has 1 atom stereocenters. The van der Waals surface area contributed by atoms with Crippen molar-refractivity contribution in [3.8, 4) is 0 Å². The van der Waals surface area contributed by atoms with Crippen molar-refractivity contribution in [3.63, 3.8) is 0 Å². The highest BCUT2D eigenvalue weighted by atomic mass is 16.6. The van der Waals surface area contributed by atoms with Crippen molar-refractivity contribution in [2.75, 3.05) is 13.2 Å². The van der Waals surface area contributed by atoms with Crippen LogP contribution in [0.5, 0.6) is 0 Å². The Hall–Kier alpha value is -2.89. The van der Waals surface area contributed by atoms with Crippen LogP contribution in [0.4, 0.5) is 0 Å². The van der Waals surface area contributed by atoms with Gasteiger partial charge in [-0.2, -0.15) is 0 Å². The van der Waals surface area contributed by atoms with Crippen molar-refractivity contribution in [2.45, 2.75) is 252 Å². The van der Waals surface area contributed by atoms with Gasteiger partial charge >= 0.3 is 17.9 Å². The van der Waals surface area contributed by atoms with E-state index in [1.807, 2.05) is 6.08 Å². The lowest BCUT2D eigenvalue weighted by Crippen LogP contribution is -2.30. The van der Waals surface area contributed by atoms with Gasteiger partial charge in [0.2, 0.25) is 0 Å². The molecule has 0 rings (SSSR count). The summed E-state index contributed by atoms with van der Waals surface area (Å²) < 4.78 is 16.6. The highest BCUT2D eigenvalue weighted by Gasteiger charge is 2.19. The second-order valence-corrected chi connectivity index (χ2v) is 16.7. The monoisotopic (exact) mass is 839 g/mol. The van der Waals surface area contributed by atoms with Crippen molar-refractivity contribution >= 4 is 17.9 Å². The summed E-state index contributed by atoms with van der Waals surface area (Å²) in [6.45, 7) is 6.40. The number of hydrogen-bond donors (Lipinski definition) is 0. The first-order valence-corrected chi connectivity index (χ1v) is 25.3. The van der Waals surface area contributed by atoms with Gasteiger partial charge in [-0.05, 0) is 83.5 Å². The third kappa shape index (κ3) is 46.2. The second-order valence-electron chi connectivity index (χ2n) is 16.7. The Bertz CT molecular complexity index is 1100. The van der Waals surface area contributed by atoms with Crippen molar-refractivity contribution in [1.82, 2.24) is 0 Å². The Kier molecular flexibility index (Phi) is 46.4. The zero-order chi connectivity index (χ0) is 43.7. The summed E-state index contributed by atoms with van der Waals surface area (Å²) in [5.74, 6) is -1.05. The smallest absolute Gasteiger partial charge is 0.309 e. The molecule has 1 unspecified atom stereocenters. The van der Waals surface area contributed by atoms with Crippen LogP contribution in [-0.4, -0.2) is 37.2 Å². The molecule has 0 heterocycles. The summed E-state index contributed by atoms with van der Waals surface area (Å²) in [7, 11) is 0. The van der Waals surface area contributed by atoms with E-state index in [-0.39, 0.29) is 31.6 Å². The summed E-state index contributed by atoms with van der Waals surface area (Å²) in [6, 6.07) is 0. The molecule has 0 saturated heterocycles. The van der Waals surface area contributed by atoms with E-state index in [1.54, 1.807) is 6.08 Å². The number of carbonyl (C=O) groups excluding carboxylic acids is 3. The molecule has 0 aromatic carbocycles. The maximum Gasteiger partial charge on any atom is 0.309 e. The molecule has 0 aliphatic rings. The van der Waals surface area contributed by atoms with E-state index < -0.39 is 12.1 Å². The minimum Gasteiger partial charge on any atom is -0.462 e. The van der Waals surface area contributed by atoms with Gasteiger partial charge in [0.1, 0.15) is 13.2 Å². The van der Waals surface area contributed by atoms with E-state index in [2.05, 4.69) is 69.4 Å². The Labute approximate surface area is 370 Å². The minimum atomic E-state index is -0.813. The van der Waals surface area contributed by atoms with Gasteiger partial charge in [0.15, 0.2) is 6.10 Å². The molecule has 0 bridgehead atoms. The van der Waals surface area contributed by atoms with Crippen LogP contribution < -0.4 is 0 Å². The molecule has 6 heteroatoms. The Balaban J connectivity index is 4.37. The normalized spacial score (nSPS) is 12.5. The highest BCUT2D eigenvalue weighted by molar-refractivity contribution is 5.72. The number of allylic oxidation sites excluding steroid dienone is 9. The fourth-order valence-corrected chi connectivity index (χ4v) is 6.96. The molecular weight excluding hydrogens is 745 g/mol. The maximum atomic E-state index is 12.7. The summed E-state index contributed by atoms with van der Waals surface area (Å²) in [6.07, 6.45) is 59.6. The van der Waals surface area contributed by atoms with Crippen molar-refractivity contribution < 1.29 is 28.6 Å². The maximum absolute atomic E-state index is 12.7. The number of ether oxygens (including phenoxy) is 3. The number of unbranched alkanes of at least 4 members (excludes halogenated alkanes) is 25. The molecule has 0 radical (unpaired) electrons. The lowest BCUT2D eigenvalue weighted by atomic mass is 10.1. The summed E-state index contributed by atoms with van der Waals surface area (Å²) in [5, 5.41) is 0. The van der Waals surface area contributed by atoms with Crippen LogP contribution in [0.1, 0.15) is 245 Å². The van der Waals surface area contributed by atoms with Crippen molar-refractivity contribution in [1.29, 1.82) is 0 Å². The second kappa shape index (κ2) is 48.8. The molecule has 0 spiro atoms. The molecule has 346 valence electrons. The quantitative estimate of drug-likeness (QED) is 0.0263. The predicted molar refractivity (Wildman–Crippen MR) is 256 cm³/mol. The molecule has 0 aliphatic carbocycles. The fraction of sp³-hybridized carbons (Fsp3) is 0.759. The Morgan fingerprint density at radius 2 is 0.717 bits per heavy atom. The van der Waals surface area contributed by atoms with E-state index in [0.29, 0.717) is 12.8 Å². The van der Waals surface area contributed by atoms with Gasteiger partial charge in [0, 0.05) is 12.8 Å². The molecule has 0 fully saturated rings.